The van der Waals surface area contributed by atoms with Gasteiger partial charge in [-0.1, -0.05) is 182 Å². The first-order valence-corrected chi connectivity index (χ1v) is 27.8. The van der Waals surface area contributed by atoms with Gasteiger partial charge in [-0.15, -0.1) is 0 Å². The molecule has 368 valence electrons. The number of hydrogen-bond acceptors (Lipinski definition) is 2. The Balaban J connectivity index is 0.799. The van der Waals surface area contributed by atoms with E-state index in [9.17, 15) is 0 Å². The van der Waals surface area contributed by atoms with Crippen molar-refractivity contribution in [2.75, 3.05) is 4.90 Å². The third-order valence-electron chi connectivity index (χ3n) is 18.2. The molecular weight excluding hydrogens is 929 g/mol. The second-order valence-corrected chi connectivity index (χ2v) is 22.3. The summed E-state index contributed by atoms with van der Waals surface area (Å²) < 4.78 is 0. The lowest BCUT2D eigenvalue weighted by Crippen LogP contribution is -2.55. The van der Waals surface area contributed by atoms with E-state index < -0.39 is 0 Å². The van der Waals surface area contributed by atoms with Crippen LogP contribution in [-0.4, -0.2) is 4.98 Å². The third-order valence-corrected chi connectivity index (χ3v) is 18.2. The van der Waals surface area contributed by atoms with Crippen molar-refractivity contribution < 1.29 is 0 Å². The average Bonchev–Trinajstić information content (AvgIpc) is 4.02. The van der Waals surface area contributed by atoms with E-state index in [0.29, 0.717) is 11.8 Å². The van der Waals surface area contributed by atoms with Gasteiger partial charge >= 0.3 is 0 Å². The lowest BCUT2D eigenvalue weighted by molar-refractivity contribution is -0.0399. The molecule has 5 aliphatic carbocycles. The Hall–Kier alpha value is -8.85. The molecule has 0 N–H and O–H groups in total. The van der Waals surface area contributed by atoms with Crippen LogP contribution in [-0.2, 0) is 5.41 Å². The van der Waals surface area contributed by atoms with Crippen LogP contribution in [0.2, 0.25) is 0 Å². The summed E-state index contributed by atoms with van der Waals surface area (Å²) in [6, 6.07) is 94.8. The Labute approximate surface area is 453 Å². The molecule has 77 heavy (non-hydrogen) atoms. The van der Waals surface area contributed by atoms with Crippen molar-refractivity contribution in [2.24, 2.45) is 23.7 Å². The topological polar surface area (TPSA) is 16.1 Å². The molecule has 0 radical (unpaired) electrons. The van der Waals surface area contributed by atoms with Crippen LogP contribution in [0, 0.1) is 23.7 Å². The van der Waals surface area contributed by atoms with E-state index in [-0.39, 0.29) is 5.41 Å². The zero-order valence-electron chi connectivity index (χ0n) is 43.1. The molecule has 5 aliphatic rings. The molecule has 1 spiro atoms. The molecule has 0 amide bonds. The van der Waals surface area contributed by atoms with Crippen molar-refractivity contribution in [1.82, 2.24) is 4.98 Å². The molecule has 2 heteroatoms. The van der Waals surface area contributed by atoms with Crippen LogP contribution < -0.4 is 4.90 Å². The molecule has 16 rings (SSSR count). The fourth-order valence-electron chi connectivity index (χ4n) is 14.9. The molecule has 1 heterocycles. The molecule has 11 aromatic rings. The molecule has 4 fully saturated rings. The fraction of sp³-hybridized carbons (Fsp3) is 0.133. The first kappa shape index (κ1) is 45.5. The second-order valence-electron chi connectivity index (χ2n) is 22.3. The van der Waals surface area contributed by atoms with Crippen LogP contribution in [0.3, 0.4) is 0 Å². The van der Waals surface area contributed by atoms with Crippen LogP contribution in [0.4, 0.5) is 17.1 Å². The van der Waals surface area contributed by atoms with Crippen molar-refractivity contribution in [3.63, 3.8) is 0 Å². The average molecular weight is 987 g/mol. The minimum atomic E-state index is 0.0000963. The number of rotatable bonds is 10. The highest BCUT2D eigenvalue weighted by Gasteiger charge is 2.61. The molecular formula is C75H58N2. The number of nitrogens with zero attached hydrogens (tertiary/aromatic N) is 2. The SMILES string of the molecule is c1ccc(-c2ccc(N(c3ccc(-c4ccccc4)cc3)c3ccc(-c4ccc(-c5cc6c(cc5-c5ccncc5)-c5ccc(-c7cccc(-c8ccccc8)c7)cc5C65C6CC7CC(C6)CC5C7)cc4)cc3)cc2)cc1. The Bertz CT molecular complexity index is 3810. The summed E-state index contributed by atoms with van der Waals surface area (Å²) in [6.45, 7) is 0. The number of pyridine rings is 1. The van der Waals surface area contributed by atoms with Gasteiger partial charge in [0.2, 0.25) is 0 Å². The highest BCUT2D eigenvalue weighted by atomic mass is 15.1. The molecule has 0 atom stereocenters. The molecule has 0 saturated heterocycles. The number of aromatic nitrogens is 1. The van der Waals surface area contributed by atoms with Gasteiger partial charge in [0.15, 0.2) is 0 Å². The maximum absolute atomic E-state index is 4.49. The molecule has 0 unspecified atom stereocenters. The highest BCUT2D eigenvalue weighted by molar-refractivity contribution is 5.94. The van der Waals surface area contributed by atoms with Crippen molar-refractivity contribution in [3.05, 3.63) is 278 Å². The molecule has 2 nitrogen and oxygen atoms in total. The standard InChI is InChI=1S/C75H58N2/c1-4-11-52(12-5-1)56-23-30-66(31-24-56)77(67-32-25-57(26-33-67)53-13-6-2-7-14-53)68-34-27-58(28-35-68)55-19-21-59(22-20-55)71-49-74-72(48-70(71)60-37-39-76-40-38-60)69-36-29-63(62-18-10-17-61(46-62)54-15-8-3-9-16-54)47-73(69)75(74)64-42-50-41-51(44-64)45-65(75)43-50/h1-40,46-51,64-65H,41-45H2. The van der Waals surface area contributed by atoms with Crippen molar-refractivity contribution in [2.45, 2.75) is 37.5 Å². The summed E-state index contributed by atoms with van der Waals surface area (Å²) in [7, 11) is 0. The van der Waals surface area contributed by atoms with Crippen molar-refractivity contribution in [3.8, 4) is 89.0 Å². The zero-order chi connectivity index (χ0) is 50.9. The van der Waals surface area contributed by atoms with E-state index in [4.69, 9.17) is 0 Å². The second kappa shape index (κ2) is 18.8. The van der Waals surface area contributed by atoms with E-state index in [0.717, 1.165) is 28.9 Å². The minimum Gasteiger partial charge on any atom is -0.311 e. The van der Waals surface area contributed by atoms with Crippen molar-refractivity contribution in [1.29, 1.82) is 0 Å². The van der Waals surface area contributed by atoms with Crippen LogP contribution in [0.25, 0.3) is 89.0 Å². The quantitative estimate of drug-likeness (QED) is 0.136. The first-order chi connectivity index (χ1) is 38.1. The molecule has 4 bridgehead atoms. The lowest BCUT2D eigenvalue weighted by Gasteiger charge is -2.61. The smallest absolute Gasteiger partial charge is 0.0462 e. The van der Waals surface area contributed by atoms with E-state index in [1.165, 1.54) is 121 Å². The Morgan fingerprint density at radius 1 is 0.273 bits per heavy atom. The van der Waals surface area contributed by atoms with Gasteiger partial charge in [0.1, 0.15) is 0 Å². The number of benzene rings is 10. The summed E-state index contributed by atoms with van der Waals surface area (Å²) >= 11 is 0. The van der Waals surface area contributed by atoms with Crippen LogP contribution in [0.5, 0.6) is 0 Å². The van der Waals surface area contributed by atoms with Crippen LogP contribution in [0.15, 0.2) is 267 Å². The van der Waals surface area contributed by atoms with Gasteiger partial charge in [0.25, 0.3) is 0 Å². The van der Waals surface area contributed by atoms with Gasteiger partial charge in [-0.3, -0.25) is 4.98 Å². The van der Waals surface area contributed by atoms with Crippen LogP contribution in [0.1, 0.15) is 43.2 Å². The van der Waals surface area contributed by atoms with Crippen LogP contribution >= 0.6 is 0 Å². The highest BCUT2D eigenvalue weighted by Crippen LogP contribution is 2.70. The minimum absolute atomic E-state index is 0.0000963. The van der Waals surface area contributed by atoms with Gasteiger partial charge in [-0.05, 0) is 229 Å². The maximum atomic E-state index is 4.49. The summed E-state index contributed by atoms with van der Waals surface area (Å²) in [5.41, 5.74) is 26.7. The Morgan fingerprint density at radius 2 is 0.636 bits per heavy atom. The van der Waals surface area contributed by atoms with Gasteiger partial charge in [0.05, 0.1) is 0 Å². The van der Waals surface area contributed by atoms with E-state index in [1.807, 2.05) is 12.4 Å². The molecule has 4 saturated carbocycles. The first-order valence-electron chi connectivity index (χ1n) is 27.8. The van der Waals surface area contributed by atoms with Gasteiger partial charge in [0, 0.05) is 34.9 Å². The van der Waals surface area contributed by atoms with Gasteiger partial charge in [-0.25, -0.2) is 0 Å². The van der Waals surface area contributed by atoms with Crippen molar-refractivity contribution >= 4 is 17.1 Å². The fourth-order valence-corrected chi connectivity index (χ4v) is 14.9. The summed E-state index contributed by atoms with van der Waals surface area (Å²) in [6.07, 6.45) is 10.7. The lowest BCUT2D eigenvalue weighted by atomic mass is 9.43. The predicted molar refractivity (Wildman–Crippen MR) is 320 cm³/mol. The summed E-state index contributed by atoms with van der Waals surface area (Å²) in [5.74, 6) is 3.01. The van der Waals surface area contributed by atoms with E-state index in [2.05, 4.69) is 265 Å². The van der Waals surface area contributed by atoms with E-state index in [1.54, 1.807) is 11.1 Å². The predicted octanol–water partition coefficient (Wildman–Crippen LogP) is 19.9. The zero-order valence-corrected chi connectivity index (χ0v) is 43.1. The molecule has 0 aliphatic heterocycles. The third kappa shape index (κ3) is 7.88. The normalized spacial score (nSPS) is 19.5. The maximum Gasteiger partial charge on any atom is 0.0462 e. The van der Waals surface area contributed by atoms with Gasteiger partial charge < -0.3 is 4.90 Å². The largest absolute Gasteiger partial charge is 0.311 e. The number of hydrogen-bond donors (Lipinski definition) is 0. The molecule has 10 aromatic carbocycles. The Kier molecular flexibility index (Phi) is 11.1. The molecule has 1 aromatic heterocycles. The number of fused-ring (bicyclic) bond motifs is 3. The summed E-state index contributed by atoms with van der Waals surface area (Å²) in [5, 5.41) is 0. The number of anilines is 3. The Morgan fingerprint density at radius 3 is 1.14 bits per heavy atom. The van der Waals surface area contributed by atoms with Gasteiger partial charge in [-0.2, -0.15) is 0 Å². The summed E-state index contributed by atoms with van der Waals surface area (Å²) in [4.78, 5) is 6.85. The monoisotopic (exact) mass is 986 g/mol. The van der Waals surface area contributed by atoms with E-state index >= 15 is 0 Å².